The third kappa shape index (κ3) is 4.57. The molecule has 0 aromatic heterocycles. The largest absolute Gasteiger partial charge is 0.355 e. The molecule has 16 heteroatoms. The number of thiol groups is 1. The number of hydrogen-bond acceptors (Lipinski definition) is 8. The Morgan fingerprint density at radius 3 is 2.29 bits per heavy atom. The number of urea groups is 2. The van der Waals surface area contributed by atoms with E-state index in [9.17, 15) is 31.2 Å². The van der Waals surface area contributed by atoms with Gasteiger partial charge < -0.3 is 5.32 Å². The molecule has 1 heterocycles. The van der Waals surface area contributed by atoms with Gasteiger partial charge in [0.1, 0.15) is 4.90 Å². The first-order chi connectivity index (χ1) is 14.3. The Hall–Kier alpha value is -2.52. The van der Waals surface area contributed by atoms with Crippen molar-refractivity contribution in [3.05, 3.63) is 52.0 Å². The minimum absolute atomic E-state index is 0.199. The van der Waals surface area contributed by atoms with Crippen molar-refractivity contribution in [1.29, 1.82) is 0 Å². The van der Waals surface area contributed by atoms with Crippen LogP contribution in [0, 0.1) is 0 Å². The van der Waals surface area contributed by atoms with Gasteiger partial charge in [0, 0.05) is 15.6 Å². The van der Waals surface area contributed by atoms with Gasteiger partial charge in [0.25, 0.3) is 15.9 Å². The SMILES string of the molecule is O=C1NC(=O)N(S(=O)(=O)c2cc(C(=O)Nc3ccc(Cl)cc3)c(Cl)cc2S)S(=O)(=O)N1. The molecule has 2 aromatic rings. The van der Waals surface area contributed by atoms with E-state index in [1.807, 2.05) is 0 Å². The molecule has 0 radical (unpaired) electrons. The lowest BCUT2D eigenvalue weighted by Crippen LogP contribution is -2.61. The van der Waals surface area contributed by atoms with Crippen molar-refractivity contribution in [2.75, 3.05) is 5.32 Å². The quantitative estimate of drug-likeness (QED) is 0.446. The molecule has 31 heavy (non-hydrogen) atoms. The molecule has 11 nitrogen and oxygen atoms in total. The molecule has 3 N–H and O–H groups in total. The van der Waals surface area contributed by atoms with Crippen LogP contribution in [0.15, 0.2) is 46.2 Å². The average molecular weight is 525 g/mol. The van der Waals surface area contributed by atoms with E-state index in [0.29, 0.717) is 10.7 Å². The summed E-state index contributed by atoms with van der Waals surface area (Å²) in [6.07, 6.45) is 0. The molecule has 2 aromatic carbocycles. The van der Waals surface area contributed by atoms with Crippen molar-refractivity contribution in [2.24, 2.45) is 0 Å². The first kappa shape index (κ1) is 23.1. The van der Waals surface area contributed by atoms with Crippen LogP contribution in [0.2, 0.25) is 10.0 Å². The molecular weight excluding hydrogens is 515 g/mol. The summed E-state index contributed by atoms with van der Waals surface area (Å²) in [5, 5.41) is 4.18. The third-order valence-electron chi connectivity index (χ3n) is 3.72. The highest BCUT2D eigenvalue weighted by molar-refractivity contribution is 8.04. The zero-order chi connectivity index (χ0) is 23.1. The number of anilines is 1. The number of carbonyl (C=O) groups is 3. The molecule has 0 atom stereocenters. The lowest BCUT2D eigenvalue weighted by Gasteiger charge is -2.26. The summed E-state index contributed by atoms with van der Waals surface area (Å²) in [4.78, 5) is 34.6. The number of imide groups is 1. The van der Waals surface area contributed by atoms with Crippen molar-refractivity contribution in [2.45, 2.75) is 9.79 Å². The van der Waals surface area contributed by atoms with Crippen LogP contribution in [0.4, 0.5) is 15.3 Å². The molecule has 0 unspecified atom stereocenters. The molecule has 0 aliphatic carbocycles. The highest BCUT2D eigenvalue weighted by atomic mass is 35.5. The highest BCUT2D eigenvalue weighted by Gasteiger charge is 2.46. The maximum atomic E-state index is 12.9. The first-order valence-corrected chi connectivity index (χ1v) is 11.9. The number of nitrogens with one attached hydrogen (secondary N) is 3. The van der Waals surface area contributed by atoms with Crippen LogP contribution < -0.4 is 15.4 Å². The lowest BCUT2D eigenvalue weighted by atomic mass is 10.2. The van der Waals surface area contributed by atoms with Gasteiger partial charge >= 0.3 is 22.3 Å². The third-order valence-corrected chi connectivity index (χ3v) is 8.52. The van der Waals surface area contributed by atoms with E-state index in [2.05, 4.69) is 17.9 Å². The second-order valence-corrected chi connectivity index (χ2v) is 10.7. The van der Waals surface area contributed by atoms with Crippen LogP contribution >= 0.6 is 35.8 Å². The van der Waals surface area contributed by atoms with Crippen LogP contribution in [0.1, 0.15) is 10.4 Å². The number of sulfonamides is 1. The molecule has 0 spiro atoms. The van der Waals surface area contributed by atoms with E-state index in [4.69, 9.17) is 23.2 Å². The van der Waals surface area contributed by atoms with E-state index in [1.165, 1.54) is 34.3 Å². The summed E-state index contributed by atoms with van der Waals surface area (Å²) in [6.45, 7) is 0. The van der Waals surface area contributed by atoms with Gasteiger partial charge in [-0.1, -0.05) is 26.9 Å². The van der Waals surface area contributed by atoms with Gasteiger partial charge in [-0.15, -0.1) is 12.6 Å². The van der Waals surface area contributed by atoms with Crippen LogP contribution in [0.25, 0.3) is 0 Å². The number of nitrogens with zero attached hydrogens (tertiary/aromatic N) is 1. The van der Waals surface area contributed by atoms with Crippen LogP contribution in [-0.2, 0) is 20.2 Å². The lowest BCUT2D eigenvalue weighted by molar-refractivity contribution is 0.102. The van der Waals surface area contributed by atoms with Crippen molar-refractivity contribution >= 4 is 79.7 Å². The van der Waals surface area contributed by atoms with Gasteiger partial charge in [0.2, 0.25) is 0 Å². The zero-order valence-electron chi connectivity index (χ0n) is 14.8. The van der Waals surface area contributed by atoms with Crippen molar-refractivity contribution in [3.8, 4) is 0 Å². The van der Waals surface area contributed by atoms with Gasteiger partial charge in [-0.2, -0.15) is 16.8 Å². The van der Waals surface area contributed by atoms with E-state index in [1.54, 1.807) is 0 Å². The minimum Gasteiger partial charge on any atom is -0.322 e. The predicted molar refractivity (Wildman–Crippen MR) is 113 cm³/mol. The van der Waals surface area contributed by atoms with Gasteiger partial charge in [-0.25, -0.2) is 14.3 Å². The fourth-order valence-corrected chi connectivity index (χ4v) is 6.46. The van der Waals surface area contributed by atoms with Gasteiger partial charge in [-0.3, -0.25) is 10.1 Å². The number of benzene rings is 2. The van der Waals surface area contributed by atoms with E-state index in [0.717, 1.165) is 12.1 Å². The van der Waals surface area contributed by atoms with Gasteiger partial charge in [-0.05, 0) is 36.4 Å². The summed E-state index contributed by atoms with van der Waals surface area (Å²) in [5.41, 5.74) is -0.0441. The van der Waals surface area contributed by atoms with Gasteiger partial charge in [0.05, 0.1) is 10.6 Å². The average Bonchev–Trinajstić information content (AvgIpc) is 2.61. The standard InChI is InChI=1S/C15H10Cl2N4O7S3/c16-7-1-3-8(4-2-7)18-13(22)9-5-12(11(29)6-10(9)17)30(25,26)21-15(24)19-14(23)20-31(21,27)28/h1-6,29H,(H,18,22)(H2,19,20,23,24). The zero-order valence-corrected chi connectivity index (χ0v) is 18.8. The Labute approximate surface area is 191 Å². The van der Waals surface area contributed by atoms with Crippen LogP contribution in [0.5, 0.6) is 0 Å². The Morgan fingerprint density at radius 2 is 1.71 bits per heavy atom. The summed E-state index contributed by atoms with van der Waals surface area (Å²) in [7, 11) is -10.2. The molecular formula is C15H10Cl2N4O7S3. The molecule has 1 aliphatic heterocycles. The molecule has 5 amide bonds. The minimum atomic E-state index is -5.14. The fraction of sp³-hybridized carbons (Fsp3) is 0. The predicted octanol–water partition coefficient (Wildman–Crippen LogP) is 2.20. The Kier molecular flexibility index (Phi) is 6.12. The van der Waals surface area contributed by atoms with E-state index >= 15 is 0 Å². The van der Waals surface area contributed by atoms with Crippen molar-refractivity contribution in [3.63, 3.8) is 0 Å². The molecule has 164 valence electrons. The normalized spacial score (nSPS) is 15.8. The second kappa shape index (κ2) is 8.20. The van der Waals surface area contributed by atoms with Crippen molar-refractivity contribution < 1.29 is 31.2 Å². The van der Waals surface area contributed by atoms with Crippen LogP contribution in [0.3, 0.4) is 0 Å². The first-order valence-electron chi connectivity index (χ1n) is 7.85. The monoisotopic (exact) mass is 524 g/mol. The maximum Gasteiger partial charge on any atom is 0.355 e. The van der Waals surface area contributed by atoms with E-state index in [-0.39, 0.29) is 15.5 Å². The number of amides is 5. The molecule has 0 saturated carbocycles. The Bertz CT molecular complexity index is 1330. The topological polar surface area (TPSA) is 159 Å². The molecule has 1 aliphatic rings. The summed E-state index contributed by atoms with van der Waals surface area (Å²) < 4.78 is 50.8. The van der Waals surface area contributed by atoms with Crippen molar-refractivity contribution in [1.82, 2.24) is 13.7 Å². The molecule has 3 rings (SSSR count). The highest BCUT2D eigenvalue weighted by Crippen LogP contribution is 2.31. The number of hydrogen-bond donors (Lipinski definition) is 4. The van der Waals surface area contributed by atoms with Gasteiger partial charge in [0.15, 0.2) is 0 Å². The number of carbonyl (C=O) groups excluding carboxylic acids is 3. The Balaban J connectivity index is 2.06. The summed E-state index contributed by atoms with van der Waals surface area (Å²) >= 11 is 15.8. The second-order valence-electron chi connectivity index (χ2n) is 5.83. The number of halogens is 2. The molecule has 1 saturated heterocycles. The summed E-state index contributed by atoms with van der Waals surface area (Å²) in [6, 6.07) is 4.53. The molecule has 1 fully saturated rings. The number of rotatable bonds is 4. The van der Waals surface area contributed by atoms with E-state index < -0.39 is 46.8 Å². The summed E-state index contributed by atoms with van der Waals surface area (Å²) in [5.74, 6) is -0.837. The maximum absolute atomic E-state index is 12.9. The fourth-order valence-electron chi connectivity index (χ4n) is 2.42. The molecule has 0 bridgehead atoms. The Morgan fingerprint density at radius 1 is 1.10 bits per heavy atom. The van der Waals surface area contributed by atoms with Crippen LogP contribution in [-0.4, -0.2) is 38.5 Å². The smallest absolute Gasteiger partial charge is 0.322 e.